The minimum atomic E-state index is -4.42. The van der Waals surface area contributed by atoms with Crippen molar-refractivity contribution in [2.45, 2.75) is 44.1 Å². The van der Waals surface area contributed by atoms with Crippen LogP contribution >= 0.6 is 0 Å². The number of fused-ring (bicyclic) bond motifs is 2. The zero-order valence-corrected chi connectivity index (χ0v) is 16.9. The van der Waals surface area contributed by atoms with Crippen LogP contribution in [0.2, 0.25) is 0 Å². The van der Waals surface area contributed by atoms with Gasteiger partial charge in [0.05, 0.1) is 12.7 Å². The highest BCUT2D eigenvalue weighted by Gasteiger charge is 2.49. The summed E-state index contributed by atoms with van der Waals surface area (Å²) >= 11 is 0. The third-order valence-corrected chi connectivity index (χ3v) is 6.45. The van der Waals surface area contributed by atoms with Crippen LogP contribution in [0.25, 0.3) is 0 Å². The lowest BCUT2D eigenvalue weighted by Crippen LogP contribution is -2.53. The Balaban J connectivity index is 1.40. The van der Waals surface area contributed by atoms with E-state index in [1.54, 1.807) is 18.5 Å². The van der Waals surface area contributed by atoms with Crippen LogP contribution in [-0.2, 0) is 17.7 Å². The fourth-order valence-electron chi connectivity index (χ4n) is 4.66. The minimum absolute atomic E-state index is 0.00942. The van der Waals surface area contributed by atoms with Crippen molar-refractivity contribution in [2.24, 2.45) is 11.8 Å². The molecular weight excluding hydrogens is 411 g/mol. The van der Waals surface area contributed by atoms with Gasteiger partial charge in [0.15, 0.2) is 0 Å². The summed E-state index contributed by atoms with van der Waals surface area (Å²) in [6.07, 6.45) is 0.244. The molecule has 1 aliphatic carbocycles. The maximum Gasteiger partial charge on any atom is 0.408 e. The molecular formula is C21H24F3N5O2. The Morgan fingerprint density at radius 2 is 2.19 bits per heavy atom. The maximum atomic E-state index is 13.8. The minimum Gasteiger partial charge on any atom is -0.376 e. The highest BCUT2D eigenvalue weighted by atomic mass is 19.4. The van der Waals surface area contributed by atoms with Gasteiger partial charge in [0.25, 0.3) is 5.56 Å². The summed E-state index contributed by atoms with van der Waals surface area (Å²) in [6.45, 7) is 1.33. The van der Waals surface area contributed by atoms with Crippen molar-refractivity contribution < 1.29 is 17.9 Å². The Hall–Kier alpha value is -2.62. The lowest BCUT2D eigenvalue weighted by Gasteiger charge is -2.39. The smallest absolute Gasteiger partial charge is 0.376 e. The molecule has 31 heavy (non-hydrogen) atoms. The van der Waals surface area contributed by atoms with E-state index in [4.69, 9.17) is 4.74 Å². The third-order valence-electron chi connectivity index (χ3n) is 6.45. The van der Waals surface area contributed by atoms with E-state index in [9.17, 15) is 18.0 Å². The lowest BCUT2D eigenvalue weighted by molar-refractivity contribution is -0.152. The van der Waals surface area contributed by atoms with Gasteiger partial charge in [-0.25, -0.2) is 0 Å². The number of anilines is 2. The number of rotatable bonds is 6. The lowest BCUT2D eigenvalue weighted by atomic mass is 10.1. The molecule has 3 unspecified atom stereocenters. The second-order valence-electron chi connectivity index (χ2n) is 8.49. The van der Waals surface area contributed by atoms with Gasteiger partial charge >= 0.3 is 6.18 Å². The van der Waals surface area contributed by atoms with Gasteiger partial charge < -0.3 is 15.0 Å². The molecule has 10 heteroatoms. The molecule has 4 heterocycles. The maximum absolute atomic E-state index is 13.8. The Bertz CT molecular complexity index is 997. The van der Waals surface area contributed by atoms with Crippen molar-refractivity contribution in [2.75, 3.05) is 29.9 Å². The van der Waals surface area contributed by atoms with Crippen molar-refractivity contribution in [1.29, 1.82) is 0 Å². The largest absolute Gasteiger partial charge is 0.408 e. The number of aromatic nitrogens is 3. The molecule has 2 aromatic rings. The van der Waals surface area contributed by atoms with E-state index < -0.39 is 12.2 Å². The van der Waals surface area contributed by atoms with Gasteiger partial charge in [-0.3, -0.25) is 14.3 Å². The van der Waals surface area contributed by atoms with E-state index in [0.29, 0.717) is 24.8 Å². The fraction of sp³-hybridized carbons (Fsp3) is 0.571. The van der Waals surface area contributed by atoms with Crippen molar-refractivity contribution in [1.82, 2.24) is 14.5 Å². The normalized spacial score (nSPS) is 27.0. The summed E-state index contributed by atoms with van der Waals surface area (Å²) in [5.41, 5.74) is 0.477. The van der Waals surface area contributed by atoms with Crippen LogP contribution in [0.1, 0.15) is 18.4 Å². The number of hydrogen-bond acceptors (Lipinski definition) is 6. The molecule has 166 valence electrons. The zero-order valence-electron chi connectivity index (χ0n) is 16.9. The molecule has 1 saturated carbocycles. The van der Waals surface area contributed by atoms with E-state index in [-0.39, 0.29) is 42.9 Å². The van der Waals surface area contributed by atoms with Gasteiger partial charge in [0, 0.05) is 38.1 Å². The first-order valence-corrected chi connectivity index (χ1v) is 10.6. The average molecular weight is 435 g/mol. The number of alkyl halides is 3. The molecule has 7 nitrogen and oxygen atoms in total. The highest BCUT2D eigenvalue weighted by Crippen LogP contribution is 2.47. The van der Waals surface area contributed by atoms with Crippen LogP contribution < -0.4 is 15.8 Å². The van der Waals surface area contributed by atoms with Crippen molar-refractivity contribution in [3.05, 3.63) is 46.5 Å². The molecule has 0 spiro atoms. The average Bonchev–Trinajstić information content (AvgIpc) is 3.42. The molecule has 2 aromatic heterocycles. The summed E-state index contributed by atoms with van der Waals surface area (Å²) in [7, 11) is 0. The predicted molar refractivity (Wildman–Crippen MR) is 108 cm³/mol. The highest BCUT2D eigenvalue weighted by molar-refractivity contribution is 5.45. The van der Waals surface area contributed by atoms with Gasteiger partial charge in [-0.2, -0.15) is 18.2 Å². The predicted octanol–water partition coefficient (Wildman–Crippen LogP) is 2.47. The van der Waals surface area contributed by atoms with Crippen molar-refractivity contribution in [3.8, 4) is 0 Å². The van der Waals surface area contributed by atoms with Gasteiger partial charge in [-0.05, 0) is 42.7 Å². The number of halogens is 3. The van der Waals surface area contributed by atoms with Crippen LogP contribution in [-0.4, -0.2) is 52.6 Å². The van der Waals surface area contributed by atoms with Crippen LogP contribution in [0.4, 0.5) is 24.9 Å². The van der Waals surface area contributed by atoms with Crippen molar-refractivity contribution in [3.63, 3.8) is 0 Å². The second kappa shape index (κ2) is 7.81. The van der Waals surface area contributed by atoms with Gasteiger partial charge in [0.2, 0.25) is 5.95 Å². The number of ether oxygens (including phenoxy) is 1. The van der Waals surface area contributed by atoms with Gasteiger partial charge in [-0.15, -0.1) is 0 Å². The molecule has 2 fully saturated rings. The Morgan fingerprint density at radius 1 is 1.32 bits per heavy atom. The van der Waals surface area contributed by atoms with Crippen molar-refractivity contribution >= 4 is 11.8 Å². The first-order chi connectivity index (χ1) is 14.9. The molecule has 1 saturated heterocycles. The quantitative estimate of drug-likeness (QED) is 0.752. The Kier molecular flexibility index (Phi) is 5.11. The first-order valence-electron chi connectivity index (χ1n) is 10.6. The summed E-state index contributed by atoms with van der Waals surface area (Å²) in [6, 6.07) is 3.25. The van der Waals surface area contributed by atoms with Crippen LogP contribution in [0, 0.1) is 11.8 Å². The monoisotopic (exact) mass is 435 g/mol. The van der Waals surface area contributed by atoms with Gasteiger partial charge in [0.1, 0.15) is 11.9 Å². The molecule has 1 N–H and O–H groups in total. The summed E-state index contributed by atoms with van der Waals surface area (Å²) in [4.78, 5) is 22.3. The summed E-state index contributed by atoms with van der Waals surface area (Å²) in [5, 5.41) is 3.12. The second-order valence-corrected chi connectivity index (χ2v) is 8.49. The fourth-order valence-corrected chi connectivity index (χ4v) is 4.66. The number of nitrogens with zero attached hydrogens (tertiary/aromatic N) is 4. The molecule has 0 aromatic carbocycles. The topological polar surface area (TPSA) is 72.3 Å². The number of hydrogen-bond donors (Lipinski definition) is 1. The molecule has 3 aliphatic rings. The van der Waals surface area contributed by atoms with E-state index in [1.165, 1.54) is 15.5 Å². The molecule has 4 atom stereocenters. The molecule has 0 bridgehead atoms. The Morgan fingerprint density at radius 3 is 2.87 bits per heavy atom. The zero-order chi connectivity index (χ0) is 21.6. The third kappa shape index (κ3) is 4.13. The van der Waals surface area contributed by atoms with E-state index >= 15 is 0 Å². The van der Waals surface area contributed by atoms with E-state index in [1.807, 2.05) is 6.07 Å². The first kappa shape index (κ1) is 20.3. The van der Waals surface area contributed by atoms with Gasteiger partial charge in [-0.1, -0.05) is 6.07 Å². The van der Waals surface area contributed by atoms with Crippen LogP contribution in [0.15, 0.2) is 35.4 Å². The van der Waals surface area contributed by atoms with Crippen LogP contribution in [0.5, 0.6) is 0 Å². The standard InChI is InChI=1S/C21H24F3N5O2/c22-21(23,24)17-4-7-29-19(30)9-18(26-11-16-15-8-14(15)12-31-16)27-20(29)28(17)6-3-13-2-1-5-25-10-13/h1-2,5,9-10,14-17,26H,3-4,6-8,11-12H2/t14?,15?,16?,17-/m0/s1. The molecule has 0 amide bonds. The van der Waals surface area contributed by atoms with E-state index in [2.05, 4.69) is 15.3 Å². The summed E-state index contributed by atoms with van der Waals surface area (Å²) in [5.74, 6) is 1.52. The summed E-state index contributed by atoms with van der Waals surface area (Å²) < 4.78 is 48.5. The Labute approximate surface area is 177 Å². The number of nitrogens with one attached hydrogen (secondary N) is 1. The van der Waals surface area contributed by atoms with Crippen LogP contribution in [0.3, 0.4) is 0 Å². The van der Waals surface area contributed by atoms with E-state index in [0.717, 1.165) is 18.6 Å². The molecule has 0 radical (unpaired) electrons. The SMILES string of the molecule is O=c1cc(NCC2OCC3CC32)nc2n1CC[C@@H](C(F)(F)F)N2CCc1cccnc1. The number of pyridine rings is 1. The molecule has 2 aliphatic heterocycles. The molecule has 5 rings (SSSR count).